The van der Waals surface area contributed by atoms with Crippen molar-refractivity contribution in [1.29, 1.82) is 5.26 Å². The fraction of sp³-hybridized carbons (Fsp3) is 0.778. The van der Waals surface area contributed by atoms with Crippen LogP contribution in [0.25, 0.3) is 0 Å². The zero-order chi connectivity index (χ0) is 9.24. The van der Waals surface area contributed by atoms with Gasteiger partial charge in [-0.1, -0.05) is 13.8 Å². The number of isocyanates is 1. The van der Waals surface area contributed by atoms with Gasteiger partial charge in [-0.3, -0.25) is 0 Å². The number of nitriles is 1. The minimum Gasteiger partial charge on any atom is -0.211 e. The molecule has 12 heavy (non-hydrogen) atoms. The van der Waals surface area contributed by atoms with Gasteiger partial charge in [0.25, 0.3) is 0 Å². The Kier molecular flexibility index (Phi) is 2.04. The molecule has 0 amide bonds. The second kappa shape index (κ2) is 2.73. The summed E-state index contributed by atoms with van der Waals surface area (Å²) in [5.74, 6) is 0. The second-order valence-electron chi connectivity index (χ2n) is 3.91. The first-order valence-electron chi connectivity index (χ1n) is 4.08. The van der Waals surface area contributed by atoms with Crippen molar-refractivity contribution in [3.8, 4) is 6.07 Å². The number of carbonyl (C=O) groups excluding carboxylic acids is 1. The van der Waals surface area contributed by atoms with Crippen molar-refractivity contribution in [3.05, 3.63) is 0 Å². The van der Waals surface area contributed by atoms with Crippen LogP contribution in [-0.4, -0.2) is 11.6 Å². The van der Waals surface area contributed by atoms with E-state index in [9.17, 15) is 4.79 Å². The fourth-order valence-corrected chi connectivity index (χ4v) is 1.85. The standard InChI is InChI=1S/C9H12N2O/c1-8(2)4-3-5-9(8,6-10)11-7-12/h3-5H2,1-2H3. The summed E-state index contributed by atoms with van der Waals surface area (Å²) in [7, 11) is 0. The predicted molar refractivity (Wildman–Crippen MR) is 44.1 cm³/mol. The zero-order valence-corrected chi connectivity index (χ0v) is 7.42. The molecule has 0 spiro atoms. The maximum absolute atomic E-state index is 10.2. The summed E-state index contributed by atoms with van der Waals surface area (Å²) in [4.78, 5) is 13.8. The van der Waals surface area contributed by atoms with Crippen LogP contribution in [0.3, 0.4) is 0 Å². The highest BCUT2D eigenvalue weighted by atomic mass is 16.1. The van der Waals surface area contributed by atoms with Gasteiger partial charge in [-0.15, -0.1) is 0 Å². The molecule has 64 valence electrons. The van der Waals surface area contributed by atoms with Crippen molar-refractivity contribution in [2.24, 2.45) is 10.4 Å². The van der Waals surface area contributed by atoms with Crippen LogP contribution in [-0.2, 0) is 4.79 Å². The molecule has 1 rings (SSSR count). The smallest absolute Gasteiger partial charge is 0.211 e. The van der Waals surface area contributed by atoms with E-state index in [1.165, 1.54) is 6.08 Å². The molecule has 0 aromatic rings. The molecule has 0 bridgehead atoms. The van der Waals surface area contributed by atoms with Gasteiger partial charge >= 0.3 is 0 Å². The third-order valence-corrected chi connectivity index (χ3v) is 2.88. The molecular formula is C9H12N2O. The maximum atomic E-state index is 10.2. The van der Waals surface area contributed by atoms with E-state index in [-0.39, 0.29) is 5.41 Å². The SMILES string of the molecule is CC1(C)CCCC1(C#N)N=C=O. The summed E-state index contributed by atoms with van der Waals surface area (Å²) >= 11 is 0. The lowest BCUT2D eigenvalue weighted by Gasteiger charge is -2.29. The molecule has 0 aromatic heterocycles. The van der Waals surface area contributed by atoms with Crippen LogP contribution in [0.5, 0.6) is 0 Å². The van der Waals surface area contributed by atoms with Gasteiger partial charge in [-0.2, -0.15) is 10.3 Å². The van der Waals surface area contributed by atoms with E-state index in [1.54, 1.807) is 0 Å². The van der Waals surface area contributed by atoms with E-state index in [1.807, 2.05) is 13.8 Å². The number of nitrogens with zero attached hydrogens (tertiary/aromatic N) is 2. The average molecular weight is 164 g/mol. The van der Waals surface area contributed by atoms with Gasteiger partial charge in [-0.25, -0.2) is 4.79 Å². The maximum Gasteiger partial charge on any atom is 0.236 e. The topological polar surface area (TPSA) is 53.2 Å². The molecule has 0 aliphatic heterocycles. The second-order valence-corrected chi connectivity index (χ2v) is 3.91. The molecule has 0 heterocycles. The van der Waals surface area contributed by atoms with E-state index in [2.05, 4.69) is 11.1 Å². The highest BCUT2D eigenvalue weighted by Gasteiger charge is 2.49. The summed E-state index contributed by atoms with van der Waals surface area (Å²) in [5, 5.41) is 8.96. The summed E-state index contributed by atoms with van der Waals surface area (Å²) in [5.41, 5.74) is -0.992. The molecule has 0 aromatic carbocycles. The highest BCUT2D eigenvalue weighted by Crippen LogP contribution is 2.47. The summed E-state index contributed by atoms with van der Waals surface area (Å²) in [6.07, 6.45) is 4.11. The Labute approximate surface area is 72.1 Å². The summed E-state index contributed by atoms with van der Waals surface area (Å²) in [6.45, 7) is 3.95. The van der Waals surface area contributed by atoms with E-state index in [0.29, 0.717) is 6.42 Å². The van der Waals surface area contributed by atoms with Crippen molar-refractivity contribution >= 4 is 6.08 Å². The van der Waals surface area contributed by atoms with Gasteiger partial charge in [0.1, 0.15) is 0 Å². The first kappa shape index (κ1) is 8.96. The summed E-state index contributed by atoms with van der Waals surface area (Å²) < 4.78 is 0. The summed E-state index contributed by atoms with van der Waals surface area (Å²) in [6, 6.07) is 2.14. The zero-order valence-electron chi connectivity index (χ0n) is 7.42. The largest absolute Gasteiger partial charge is 0.236 e. The Hall–Kier alpha value is -1.13. The van der Waals surface area contributed by atoms with Gasteiger partial charge in [0.2, 0.25) is 6.08 Å². The minimum absolute atomic E-state index is 0.181. The van der Waals surface area contributed by atoms with E-state index < -0.39 is 5.54 Å². The molecule has 1 saturated carbocycles. The first-order chi connectivity index (χ1) is 5.58. The van der Waals surface area contributed by atoms with Crippen LogP contribution in [0.2, 0.25) is 0 Å². The van der Waals surface area contributed by atoms with Crippen LogP contribution < -0.4 is 0 Å². The lowest BCUT2D eigenvalue weighted by Crippen LogP contribution is -2.36. The van der Waals surface area contributed by atoms with Gasteiger partial charge in [0, 0.05) is 5.41 Å². The molecule has 3 nitrogen and oxygen atoms in total. The van der Waals surface area contributed by atoms with Crippen LogP contribution in [0.15, 0.2) is 4.99 Å². The monoisotopic (exact) mass is 164 g/mol. The molecule has 3 heteroatoms. The molecule has 1 unspecified atom stereocenters. The molecule has 1 fully saturated rings. The van der Waals surface area contributed by atoms with Gasteiger partial charge in [0.15, 0.2) is 5.54 Å². The Bertz CT molecular complexity index is 271. The highest BCUT2D eigenvalue weighted by molar-refractivity contribution is 5.38. The molecule has 1 aliphatic rings. The van der Waals surface area contributed by atoms with Crippen LogP contribution in [0.4, 0.5) is 0 Å². The molecule has 0 radical (unpaired) electrons. The Balaban J connectivity index is 3.10. The lowest BCUT2D eigenvalue weighted by molar-refractivity contribution is 0.270. The van der Waals surface area contributed by atoms with E-state index in [0.717, 1.165) is 12.8 Å². The third-order valence-electron chi connectivity index (χ3n) is 2.88. The number of hydrogen-bond donors (Lipinski definition) is 0. The molecule has 1 aliphatic carbocycles. The van der Waals surface area contributed by atoms with Crippen molar-refractivity contribution < 1.29 is 4.79 Å². The Morgan fingerprint density at radius 1 is 1.42 bits per heavy atom. The lowest BCUT2D eigenvalue weighted by atomic mass is 9.76. The average Bonchev–Trinajstić information content (AvgIpc) is 2.29. The molecule has 0 N–H and O–H groups in total. The third kappa shape index (κ3) is 1.05. The quantitative estimate of drug-likeness (QED) is 0.438. The van der Waals surface area contributed by atoms with Crippen molar-refractivity contribution in [2.45, 2.75) is 38.6 Å². The van der Waals surface area contributed by atoms with Crippen LogP contribution in [0.1, 0.15) is 33.1 Å². The van der Waals surface area contributed by atoms with Gasteiger partial charge in [-0.05, 0) is 19.3 Å². The van der Waals surface area contributed by atoms with Crippen molar-refractivity contribution in [3.63, 3.8) is 0 Å². The molecule has 0 saturated heterocycles. The van der Waals surface area contributed by atoms with E-state index in [4.69, 9.17) is 5.26 Å². The number of hydrogen-bond acceptors (Lipinski definition) is 3. The first-order valence-corrected chi connectivity index (χ1v) is 4.08. The van der Waals surface area contributed by atoms with Crippen LogP contribution >= 0.6 is 0 Å². The van der Waals surface area contributed by atoms with Crippen molar-refractivity contribution in [1.82, 2.24) is 0 Å². The molecular weight excluding hydrogens is 152 g/mol. The minimum atomic E-state index is -0.811. The fourth-order valence-electron chi connectivity index (χ4n) is 1.85. The van der Waals surface area contributed by atoms with Gasteiger partial charge < -0.3 is 0 Å². The Morgan fingerprint density at radius 3 is 2.42 bits per heavy atom. The number of rotatable bonds is 1. The normalized spacial score (nSPS) is 32.1. The van der Waals surface area contributed by atoms with E-state index >= 15 is 0 Å². The number of aliphatic imine (C=N–C) groups is 1. The van der Waals surface area contributed by atoms with Crippen LogP contribution in [0, 0.1) is 16.7 Å². The molecule has 1 atom stereocenters. The van der Waals surface area contributed by atoms with Crippen molar-refractivity contribution in [2.75, 3.05) is 0 Å². The van der Waals surface area contributed by atoms with Gasteiger partial charge in [0.05, 0.1) is 6.07 Å². The Morgan fingerprint density at radius 2 is 2.08 bits per heavy atom. The predicted octanol–water partition coefficient (Wildman–Crippen LogP) is 1.79.